The van der Waals surface area contributed by atoms with E-state index in [1.54, 1.807) is 24.3 Å². The Morgan fingerprint density at radius 1 is 1.04 bits per heavy atom. The fourth-order valence-electron chi connectivity index (χ4n) is 2.27. The highest BCUT2D eigenvalue weighted by Crippen LogP contribution is 2.13. The molecule has 0 bridgehead atoms. The van der Waals surface area contributed by atoms with E-state index in [-0.39, 0.29) is 18.8 Å². The lowest BCUT2D eigenvalue weighted by molar-refractivity contribution is -0.146. The Hall–Kier alpha value is -3.15. The summed E-state index contributed by atoms with van der Waals surface area (Å²) in [6.45, 7) is 1.44. The molecule has 0 fully saturated rings. The van der Waals surface area contributed by atoms with Gasteiger partial charge in [-0.05, 0) is 30.7 Å². The van der Waals surface area contributed by atoms with Crippen LogP contribution in [0.1, 0.15) is 29.3 Å². The first-order valence-electron chi connectivity index (χ1n) is 8.14. The van der Waals surface area contributed by atoms with Gasteiger partial charge >= 0.3 is 5.97 Å². The third kappa shape index (κ3) is 5.73. The van der Waals surface area contributed by atoms with Crippen LogP contribution in [0.5, 0.6) is 5.75 Å². The molecule has 0 aliphatic heterocycles. The summed E-state index contributed by atoms with van der Waals surface area (Å²) in [6.07, 6.45) is -0.224. The van der Waals surface area contributed by atoms with Gasteiger partial charge in [-0.3, -0.25) is 14.4 Å². The summed E-state index contributed by atoms with van der Waals surface area (Å²) in [7, 11) is 1.50. The molecule has 0 radical (unpaired) electrons. The summed E-state index contributed by atoms with van der Waals surface area (Å²) >= 11 is 0. The number of Topliss-reactive ketones (excluding diaryl/α,β-unsaturated/α-hetero) is 1. The van der Waals surface area contributed by atoms with Gasteiger partial charge in [-0.25, -0.2) is 0 Å². The average Bonchev–Trinajstić information content (AvgIpc) is 2.66. The fourth-order valence-corrected chi connectivity index (χ4v) is 2.27. The molecule has 1 unspecified atom stereocenters. The molecular weight excluding hydrogens is 334 g/mol. The van der Waals surface area contributed by atoms with Crippen molar-refractivity contribution in [3.05, 3.63) is 65.7 Å². The first kappa shape index (κ1) is 19.2. The molecule has 2 aromatic carbocycles. The first-order valence-corrected chi connectivity index (χ1v) is 8.14. The summed E-state index contributed by atoms with van der Waals surface area (Å²) in [5.74, 6) is -0.808. The highest BCUT2D eigenvalue weighted by atomic mass is 16.5. The van der Waals surface area contributed by atoms with Gasteiger partial charge in [0.25, 0.3) is 5.91 Å². The van der Waals surface area contributed by atoms with Crippen molar-refractivity contribution in [2.45, 2.75) is 26.0 Å². The molecule has 6 nitrogen and oxygen atoms in total. The maximum absolute atomic E-state index is 12.3. The molecule has 6 heteroatoms. The number of nitrogens with one attached hydrogen (secondary N) is 1. The summed E-state index contributed by atoms with van der Waals surface area (Å²) < 4.78 is 10.2. The minimum atomic E-state index is -0.947. The Bertz CT molecular complexity index is 773. The van der Waals surface area contributed by atoms with Crippen molar-refractivity contribution in [2.24, 2.45) is 0 Å². The molecule has 2 rings (SSSR count). The zero-order chi connectivity index (χ0) is 18.9. The second-order valence-corrected chi connectivity index (χ2v) is 5.72. The number of hydrogen-bond acceptors (Lipinski definition) is 5. The fraction of sp³-hybridized carbons (Fsp3) is 0.250. The molecular formula is C20H21NO5. The number of ether oxygens (including phenoxy) is 2. The number of carbonyl (C=O) groups is 3. The Morgan fingerprint density at radius 2 is 1.77 bits per heavy atom. The summed E-state index contributed by atoms with van der Waals surface area (Å²) in [4.78, 5) is 36.1. The van der Waals surface area contributed by atoms with Crippen LogP contribution in [0.15, 0.2) is 54.6 Å². The second kappa shape index (κ2) is 9.36. The van der Waals surface area contributed by atoms with Crippen LogP contribution in [-0.2, 0) is 20.9 Å². The summed E-state index contributed by atoms with van der Waals surface area (Å²) in [6, 6.07) is 14.8. The largest absolute Gasteiger partial charge is 0.497 e. The van der Waals surface area contributed by atoms with Crippen molar-refractivity contribution >= 4 is 17.7 Å². The molecule has 1 amide bonds. The van der Waals surface area contributed by atoms with Gasteiger partial charge in [0, 0.05) is 5.56 Å². The molecule has 0 heterocycles. The average molecular weight is 355 g/mol. The number of carbonyl (C=O) groups excluding carboxylic acids is 3. The zero-order valence-electron chi connectivity index (χ0n) is 14.7. The molecule has 0 saturated carbocycles. The molecule has 1 N–H and O–H groups in total. The van der Waals surface area contributed by atoms with Gasteiger partial charge in [0.15, 0.2) is 5.78 Å². The normalized spacial score (nSPS) is 11.3. The van der Waals surface area contributed by atoms with Gasteiger partial charge in [0.2, 0.25) is 0 Å². The van der Waals surface area contributed by atoms with Crippen LogP contribution in [0, 0.1) is 0 Å². The van der Waals surface area contributed by atoms with E-state index in [1.165, 1.54) is 14.0 Å². The number of benzene rings is 2. The van der Waals surface area contributed by atoms with Crippen LogP contribution < -0.4 is 10.1 Å². The minimum absolute atomic E-state index is 0.119. The molecule has 26 heavy (non-hydrogen) atoms. The molecule has 0 spiro atoms. The van der Waals surface area contributed by atoms with E-state index in [2.05, 4.69) is 5.32 Å². The van der Waals surface area contributed by atoms with E-state index in [4.69, 9.17) is 9.47 Å². The van der Waals surface area contributed by atoms with Gasteiger partial charge < -0.3 is 14.8 Å². The van der Waals surface area contributed by atoms with Crippen molar-refractivity contribution in [1.82, 2.24) is 5.32 Å². The topological polar surface area (TPSA) is 81.7 Å². The van der Waals surface area contributed by atoms with Gasteiger partial charge in [0.1, 0.15) is 12.4 Å². The van der Waals surface area contributed by atoms with Gasteiger partial charge in [-0.2, -0.15) is 0 Å². The first-order chi connectivity index (χ1) is 12.5. The third-order valence-electron chi connectivity index (χ3n) is 3.74. The van der Waals surface area contributed by atoms with Gasteiger partial charge in [0.05, 0.1) is 19.6 Å². The van der Waals surface area contributed by atoms with Crippen LogP contribution in [0.3, 0.4) is 0 Å². The number of hydrogen-bond donors (Lipinski definition) is 1. The minimum Gasteiger partial charge on any atom is -0.497 e. The predicted molar refractivity (Wildman–Crippen MR) is 95.8 cm³/mol. The van der Waals surface area contributed by atoms with E-state index < -0.39 is 17.9 Å². The van der Waals surface area contributed by atoms with E-state index in [0.717, 1.165) is 5.56 Å². The van der Waals surface area contributed by atoms with Crippen LogP contribution in [0.25, 0.3) is 0 Å². The lowest BCUT2D eigenvalue weighted by Crippen LogP contribution is -2.41. The molecule has 2 aromatic rings. The van der Waals surface area contributed by atoms with Crippen LogP contribution in [0.2, 0.25) is 0 Å². The SMILES string of the molecule is COc1cccc(C(=O)NC(CC(=O)OCc2ccccc2)C(C)=O)c1. The number of rotatable bonds is 8. The van der Waals surface area contributed by atoms with E-state index in [1.807, 2.05) is 30.3 Å². The zero-order valence-corrected chi connectivity index (χ0v) is 14.7. The number of esters is 1. The Kier molecular flexibility index (Phi) is 6.91. The second-order valence-electron chi connectivity index (χ2n) is 5.72. The molecule has 1 atom stereocenters. The number of ketones is 1. The van der Waals surface area contributed by atoms with E-state index in [0.29, 0.717) is 11.3 Å². The molecule has 0 saturated heterocycles. The Morgan fingerprint density at radius 3 is 2.42 bits per heavy atom. The lowest BCUT2D eigenvalue weighted by Gasteiger charge is -2.15. The Labute approximate surface area is 152 Å². The van der Waals surface area contributed by atoms with Gasteiger partial charge in [-0.15, -0.1) is 0 Å². The maximum atomic E-state index is 12.3. The maximum Gasteiger partial charge on any atom is 0.308 e. The monoisotopic (exact) mass is 355 g/mol. The molecule has 0 aliphatic carbocycles. The van der Waals surface area contributed by atoms with Crippen molar-refractivity contribution in [3.8, 4) is 5.75 Å². The third-order valence-corrected chi connectivity index (χ3v) is 3.74. The van der Waals surface area contributed by atoms with E-state index in [9.17, 15) is 14.4 Å². The van der Waals surface area contributed by atoms with Crippen molar-refractivity contribution in [1.29, 1.82) is 0 Å². The van der Waals surface area contributed by atoms with Crippen molar-refractivity contribution < 1.29 is 23.9 Å². The highest BCUT2D eigenvalue weighted by Gasteiger charge is 2.22. The predicted octanol–water partition coefficient (Wildman–Crippen LogP) is 2.52. The molecule has 136 valence electrons. The van der Waals surface area contributed by atoms with Crippen molar-refractivity contribution in [3.63, 3.8) is 0 Å². The van der Waals surface area contributed by atoms with E-state index >= 15 is 0 Å². The van der Waals surface area contributed by atoms with Gasteiger partial charge in [-0.1, -0.05) is 36.4 Å². The highest BCUT2D eigenvalue weighted by molar-refractivity contribution is 5.98. The standard InChI is InChI=1S/C20H21NO5/c1-14(22)18(12-19(23)26-13-15-7-4-3-5-8-15)21-20(24)16-9-6-10-17(11-16)25-2/h3-11,18H,12-13H2,1-2H3,(H,21,24). The smallest absolute Gasteiger partial charge is 0.308 e. The van der Waals surface area contributed by atoms with Crippen LogP contribution in [-0.4, -0.2) is 30.8 Å². The lowest BCUT2D eigenvalue weighted by atomic mass is 10.1. The molecule has 0 aromatic heterocycles. The quantitative estimate of drug-likeness (QED) is 0.736. The van der Waals surface area contributed by atoms with Crippen molar-refractivity contribution in [2.75, 3.05) is 7.11 Å². The van der Waals surface area contributed by atoms with Crippen LogP contribution >= 0.6 is 0 Å². The molecule has 0 aliphatic rings. The summed E-state index contributed by atoms with van der Waals surface area (Å²) in [5, 5.41) is 2.57. The number of amides is 1. The number of methoxy groups -OCH3 is 1. The van der Waals surface area contributed by atoms with Crippen LogP contribution in [0.4, 0.5) is 0 Å². The summed E-state index contributed by atoms with van der Waals surface area (Å²) in [5.41, 5.74) is 1.19. The Balaban J connectivity index is 1.94.